The molecule has 0 saturated carbocycles. The number of primary sulfonamides is 1. The maximum Gasteiger partial charge on any atom is 0.238 e. The van der Waals surface area contributed by atoms with Crippen molar-refractivity contribution in [3.8, 4) is 0 Å². The molecule has 0 fully saturated rings. The van der Waals surface area contributed by atoms with Gasteiger partial charge in [0.2, 0.25) is 10.0 Å². The number of thioether (sulfide) groups is 1. The third kappa shape index (κ3) is 3.35. The molecule has 24 heavy (non-hydrogen) atoms. The number of aromatic nitrogens is 4. The van der Waals surface area contributed by atoms with Crippen molar-refractivity contribution < 1.29 is 8.42 Å². The predicted molar refractivity (Wildman–Crippen MR) is 93.2 cm³/mol. The van der Waals surface area contributed by atoms with Crippen molar-refractivity contribution in [1.82, 2.24) is 19.7 Å². The molecule has 126 valence electrons. The van der Waals surface area contributed by atoms with E-state index in [1.54, 1.807) is 23.0 Å². The van der Waals surface area contributed by atoms with Crippen LogP contribution in [0.2, 0.25) is 0 Å². The van der Waals surface area contributed by atoms with E-state index in [0.717, 1.165) is 16.6 Å². The summed E-state index contributed by atoms with van der Waals surface area (Å²) in [6, 6.07) is 6.40. The Hall–Kier alpha value is -2.17. The fourth-order valence-corrected chi connectivity index (χ4v) is 3.09. The SMILES string of the molecule is CSc1nc(NCc2ccc(S(N)(=O)=O)cc2)c2cnn(C)c2n1. The molecule has 0 amide bonds. The van der Waals surface area contributed by atoms with Gasteiger partial charge >= 0.3 is 0 Å². The number of aryl methyl sites for hydroxylation is 1. The third-order valence-corrected chi connectivity index (χ3v) is 4.94. The van der Waals surface area contributed by atoms with Crippen LogP contribution in [-0.2, 0) is 23.6 Å². The molecule has 2 heterocycles. The first-order valence-electron chi connectivity index (χ1n) is 6.98. The van der Waals surface area contributed by atoms with Gasteiger partial charge < -0.3 is 5.32 Å². The number of nitrogens with one attached hydrogen (secondary N) is 1. The minimum absolute atomic E-state index is 0.0904. The van der Waals surface area contributed by atoms with E-state index in [-0.39, 0.29) is 4.90 Å². The van der Waals surface area contributed by atoms with Gasteiger partial charge in [-0.05, 0) is 24.0 Å². The lowest BCUT2D eigenvalue weighted by molar-refractivity contribution is 0.598. The van der Waals surface area contributed by atoms with Crippen LogP contribution in [0, 0.1) is 0 Å². The second-order valence-electron chi connectivity index (χ2n) is 5.11. The lowest BCUT2D eigenvalue weighted by Gasteiger charge is -2.09. The average molecular weight is 364 g/mol. The number of benzene rings is 1. The number of hydrogen-bond donors (Lipinski definition) is 2. The van der Waals surface area contributed by atoms with Gasteiger partial charge in [-0.3, -0.25) is 4.68 Å². The van der Waals surface area contributed by atoms with Gasteiger partial charge in [-0.15, -0.1) is 0 Å². The molecule has 0 spiro atoms. The first-order chi connectivity index (χ1) is 11.4. The molecule has 0 radical (unpaired) electrons. The fraction of sp³-hybridized carbons (Fsp3) is 0.214. The summed E-state index contributed by atoms with van der Waals surface area (Å²) in [5, 5.41) is 14.0. The molecular weight excluding hydrogens is 348 g/mol. The van der Waals surface area contributed by atoms with E-state index in [0.29, 0.717) is 17.5 Å². The molecule has 3 N–H and O–H groups in total. The topological polar surface area (TPSA) is 116 Å². The molecule has 0 saturated heterocycles. The van der Waals surface area contributed by atoms with Gasteiger partial charge in [0, 0.05) is 13.6 Å². The van der Waals surface area contributed by atoms with E-state index in [1.807, 2.05) is 13.3 Å². The van der Waals surface area contributed by atoms with Gasteiger partial charge in [0.15, 0.2) is 10.8 Å². The normalized spacial score (nSPS) is 11.8. The largest absolute Gasteiger partial charge is 0.365 e. The summed E-state index contributed by atoms with van der Waals surface area (Å²) < 4.78 is 24.3. The molecule has 0 aliphatic rings. The summed E-state index contributed by atoms with van der Waals surface area (Å²) in [6.07, 6.45) is 3.62. The Balaban J connectivity index is 1.85. The van der Waals surface area contributed by atoms with E-state index >= 15 is 0 Å². The van der Waals surface area contributed by atoms with Crippen LogP contribution in [0.25, 0.3) is 11.0 Å². The predicted octanol–water partition coefficient (Wildman–Crippen LogP) is 1.34. The van der Waals surface area contributed by atoms with Crippen LogP contribution in [-0.4, -0.2) is 34.4 Å². The molecule has 0 bridgehead atoms. The number of hydrogen-bond acceptors (Lipinski definition) is 7. The first kappa shape index (κ1) is 16.7. The van der Waals surface area contributed by atoms with Gasteiger partial charge in [-0.25, -0.2) is 23.5 Å². The summed E-state index contributed by atoms with van der Waals surface area (Å²) in [6.45, 7) is 0.486. The van der Waals surface area contributed by atoms with Gasteiger partial charge in [0.1, 0.15) is 5.82 Å². The van der Waals surface area contributed by atoms with Gasteiger partial charge in [-0.2, -0.15) is 5.10 Å². The summed E-state index contributed by atoms with van der Waals surface area (Å²) in [7, 11) is -1.85. The zero-order valence-corrected chi connectivity index (χ0v) is 14.7. The van der Waals surface area contributed by atoms with Crippen molar-refractivity contribution >= 4 is 38.6 Å². The Kier molecular flexibility index (Phi) is 4.43. The Morgan fingerprint density at radius 3 is 2.58 bits per heavy atom. The minimum Gasteiger partial charge on any atom is -0.365 e. The van der Waals surface area contributed by atoms with Gasteiger partial charge in [0.25, 0.3) is 0 Å². The highest BCUT2D eigenvalue weighted by molar-refractivity contribution is 7.98. The molecule has 3 aromatic rings. The van der Waals surface area contributed by atoms with E-state index in [9.17, 15) is 8.42 Å². The monoisotopic (exact) mass is 364 g/mol. The van der Waals surface area contributed by atoms with Crippen LogP contribution in [0.5, 0.6) is 0 Å². The number of anilines is 1. The van der Waals surface area contributed by atoms with Crippen LogP contribution in [0.4, 0.5) is 5.82 Å². The Morgan fingerprint density at radius 1 is 1.25 bits per heavy atom. The molecular formula is C14H16N6O2S2. The Bertz CT molecular complexity index is 982. The first-order valence-corrected chi connectivity index (χ1v) is 9.75. The quantitative estimate of drug-likeness (QED) is 0.518. The Labute approximate surface area is 143 Å². The van der Waals surface area contributed by atoms with Crippen LogP contribution in [0.15, 0.2) is 40.5 Å². The maximum atomic E-state index is 11.3. The summed E-state index contributed by atoms with van der Waals surface area (Å²) in [4.78, 5) is 9.01. The van der Waals surface area contributed by atoms with Crippen molar-refractivity contribution in [3.63, 3.8) is 0 Å². The summed E-state index contributed by atoms with van der Waals surface area (Å²) >= 11 is 1.45. The average Bonchev–Trinajstić information content (AvgIpc) is 2.93. The smallest absolute Gasteiger partial charge is 0.238 e. The molecule has 0 unspecified atom stereocenters. The fourth-order valence-electron chi connectivity index (χ4n) is 2.21. The van der Waals surface area contributed by atoms with Crippen LogP contribution in [0.1, 0.15) is 5.56 Å². The minimum atomic E-state index is -3.68. The Morgan fingerprint density at radius 2 is 1.96 bits per heavy atom. The summed E-state index contributed by atoms with van der Waals surface area (Å²) in [5.41, 5.74) is 1.66. The van der Waals surface area contributed by atoms with Crippen LogP contribution >= 0.6 is 11.8 Å². The van der Waals surface area contributed by atoms with Crippen molar-refractivity contribution in [2.75, 3.05) is 11.6 Å². The molecule has 0 atom stereocenters. The number of sulfonamides is 1. The highest BCUT2D eigenvalue weighted by Gasteiger charge is 2.11. The molecule has 0 aliphatic heterocycles. The summed E-state index contributed by atoms with van der Waals surface area (Å²) in [5.74, 6) is 0.688. The lowest BCUT2D eigenvalue weighted by Crippen LogP contribution is -2.12. The molecule has 1 aromatic carbocycles. The van der Waals surface area contributed by atoms with E-state index in [1.165, 1.54) is 23.9 Å². The zero-order valence-electron chi connectivity index (χ0n) is 13.1. The number of rotatable bonds is 5. The lowest BCUT2D eigenvalue weighted by atomic mass is 10.2. The van der Waals surface area contributed by atoms with Gasteiger partial charge in [-0.1, -0.05) is 23.9 Å². The zero-order chi connectivity index (χ0) is 17.3. The standard InChI is InChI=1S/C14H16N6O2S2/c1-20-13-11(8-17-20)12(18-14(19-13)23-2)16-7-9-3-5-10(6-4-9)24(15,21)22/h3-6,8H,7H2,1-2H3,(H2,15,21,22)(H,16,18,19). The number of fused-ring (bicyclic) bond motifs is 1. The van der Waals surface area contributed by atoms with Crippen molar-refractivity contribution in [2.24, 2.45) is 12.2 Å². The second-order valence-corrected chi connectivity index (χ2v) is 7.44. The van der Waals surface area contributed by atoms with Crippen molar-refractivity contribution in [3.05, 3.63) is 36.0 Å². The molecule has 0 aliphatic carbocycles. The number of nitrogens with zero attached hydrogens (tertiary/aromatic N) is 4. The second kappa shape index (κ2) is 6.38. The van der Waals surface area contributed by atoms with Crippen molar-refractivity contribution in [2.45, 2.75) is 16.6 Å². The maximum absolute atomic E-state index is 11.3. The number of nitrogens with two attached hydrogens (primary N) is 1. The molecule has 3 rings (SSSR count). The van der Waals surface area contributed by atoms with E-state index < -0.39 is 10.0 Å². The van der Waals surface area contributed by atoms with E-state index in [2.05, 4.69) is 20.4 Å². The van der Waals surface area contributed by atoms with Gasteiger partial charge in [0.05, 0.1) is 16.5 Å². The highest BCUT2D eigenvalue weighted by Crippen LogP contribution is 2.23. The molecule has 2 aromatic heterocycles. The van der Waals surface area contributed by atoms with Crippen molar-refractivity contribution in [1.29, 1.82) is 0 Å². The molecule has 10 heteroatoms. The third-order valence-electron chi connectivity index (χ3n) is 3.47. The van der Waals surface area contributed by atoms with Crippen LogP contribution in [0.3, 0.4) is 0 Å². The van der Waals surface area contributed by atoms with Crippen LogP contribution < -0.4 is 10.5 Å². The van der Waals surface area contributed by atoms with E-state index in [4.69, 9.17) is 5.14 Å². The highest BCUT2D eigenvalue weighted by atomic mass is 32.2. The molecule has 8 nitrogen and oxygen atoms in total.